The Morgan fingerprint density at radius 1 is 1.10 bits per heavy atom. The number of para-hydroxylation sites is 1. The van der Waals surface area contributed by atoms with E-state index in [0.717, 1.165) is 4.47 Å². The van der Waals surface area contributed by atoms with Gasteiger partial charge in [-0.2, -0.15) is 0 Å². The van der Waals surface area contributed by atoms with Crippen molar-refractivity contribution < 1.29 is 9.59 Å². The molecule has 9 heteroatoms. The molecule has 3 aromatic rings. The van der Waals surface area contributed by atoms with Gasteiger partial charge in [0.05, 0.1) is 17.5 Å². The van der Waals surface area contributed by atoms with Crippen LogP contribution in [-0.4, -0.2) is 32.3 Å². The molecule has 0 aliphatic heterocycles. The highest BCUT2D eigenvalue weighted by Gasteiger charge is 2.19. The molecule has 2 aromatic carbocycles. The van der Waals surface area contributed by atoms with Gasteiger partial charge in [-0.15, -0.1) is 10.2 Å². The molecule has 3 rings (SSSR count). The molecule has 1 heterocycles. The molecule has 1 atom stereocenters. The van der Waals surface area contributed by atoms with Gasteiger partial charge in [-0.1, -0.05) is 42.1 Å². The average Bonchev–Trinajstić information content (AvgIpc) is 3.09. The number of nitrogens with zero attached hydrogens (tertiary/aromatic N) is 3. The number of thioether (sulfide) groups is 1. The van der Waals surface area contributed by atoms with Gasteiger partial charge in [0.15, 0.2) is 11.0 Å². The molecular weight excluding hydrogens is 454 g/mol. The van der Waals surface area contributed by atoms with Gasteiger partial charge in [0.25, 0.3) is 5.91 Å². The number of nitrogens with one attached hydrogen (secondary N) is 2. The lowest BCUT2D eigenvalue weighted by atomic mass is 10.2. The number of amides is 2. The number of anilines is 1. The summed E-state index contributed by atoms with van der Waals surface area (Å²) in [7, 11) is 1.81. The van der Waals surface area contributed by atoms with E-state index in [2.05, 4.69) is 36.8 Å². The number of carbonyl (C=O) groups excluding carboxylic acids is 2. The zero-order valence-electron chi connectivity index (χ0n) is 15.9. The van der Waals surface area contributed by atoms with Crippen LogP contribution in [0.25, 0.3) is 0 Å². The van der Waals surface area contributed by atoms with Gasteiger partial charge in [-0.25, -0.2) is 0 Å². The molecule has 0 fully saturated rings. The summed E-state index contributed by atoms with van der Waals surface area (Å²) in [4.78, 5) is 24.6. The summed E-state index contributed by atoms with van der Waals surface area (Å²) in [6.07, 6.45) is 0. The van der Waals surface area contributed by atoms with E-state index < -0.39 is 0 Å². The van der Waals surface area contributed by atoms with Crippen LogP contribution in [0.1, 0.15) is 29.1 Å². The third kappa shape index (κ3) is 5.45. The van der Waals surface area contributed by atoms with E-state index in [9.17, 15) is 9.59 Å². The highest BCUT2D eigenvalue weighted by molar-refractivity contribution is 9.10. The number of rotatable bonds is 7. The maximum atomic E-state index is 12.3. The normalized spacial score (nSPS) is 11.7. The number of halogens is 1. The molecule has 0 saturated heterocycles. The van der Waals surface area contributed by atoms with Crippen LogP contribution >= 0.6 is 27.7 Å². The minimum atomic E-state index is -0.330. The van der Waals surface area contributed by atoms with Crippen LogP contribution in [0.5, 0.6) is 0 Å². The minimum absolute atomic E-state index is 0.142. The first-order valence-corrected chi connectivity index (χ1v) is 10.7. The van der Waals surface area contributed by atoms with Gasteiger partial charge in [0.2, 0.25) is 5.91 Å². The van der Waals surface area contributed by atoms with Gasteiger partial charge in [0.1, 0.15) is 0 Å². The van der Waals surface area contributed by atoms with E-state index in [1.807, 2.05) is 56.4 Å². The van der Waals surface area contributed by atoms with Crippen molar-refractivity contribution in [2.45, 2.75) is 18.1 Å². The maximum Gasteiger partial charge on any atom is 0.251 e. The van der Waals surface area contributed by atoms with E-state index in [-0.39, 0.29) is 23.6 Å². The number of aromatic nitrogens is 3. The lowest BCUT2D eigenvalue weighted by Gasteiger charge is -2.13. The Hall–Kier alpha value is -2.65. The van der Waals surface area contributed by atoms with Crippen LogP contribution < -0.4 is 10.6 Å². The van der Waals surface area contributed by atoms with Crippen molar-refractivity contribution in [3.8, 4) is 0 Å². The molecule has 0 radical (unpaired) electrons. The zero-order valence-corrected chi connectivity index (χ0v) is 18.3. The van der Waals surface area contributed by atoms with Crippen LogP contribution in [0.2, 0.25) is 0 Å². The summed E-state index contributed by atoms with van der Waals surface area (Å²) in [5.41, 5.74) is 1.30. The van der Waals surface area contributed by atoms with Crippen LogP contribution in [0.3, 0.4) is 0 Å². The summed E-state index contributed by atoms with van der Waals surface area (Å²) >= 11 is 4.69. The molecule has 0 bridgehead atoms. The van der Waals surface area contributed by atoms with Gasteiger partial charge in [-0.05, 0) is 47.1 Å². The number of hydrogen-bond donors (Lipinski definition) is 2. The van der Waals surface area contributed by atoms with Crippen LogP contribution in [0.4, 0.5) is 5.69 Å². The molecule has 2 amide bonds. The Balaban J connectivity index is 1.58. The number of hydrogen-bond acceptors (Lipinski definition) is 5. The molecule has 1 aromatic heterocycles. The first kappa shape index (κ1) is 21.1. The molecule has 1 unspecified atom stereocenters. The zero-order chi connectivity index (χ0) is 20.8. The number of benzene rings is 2. The summed E-state index contributed by atoms with van der Waals surface area (Å²) in [6.45, 7) is 1.85. The lowest BCUT2D eigenvalue weighted by molar-refractivity contribution is -0.113. The predicted octanol–water partition coefficient (Wildman–Crippen LogP) is 3.80. The Labute approximate surface area is 181 Å². The van der Waals surface area contributed by atoms with Crippen molar-refractivity contribution in [3.63, 3.8) is 0 Å². The van der Waals surface area contributed by atoms with Crippen molar-refractivity contribution in [1.82, 2.24) is 20.1 Å². The minimum Gasteiger partial charge on any atom is -0.342 e. The smallest absolute Gasteiger partial charge is 0.251 e. The average molecular weight is 474 g/mol. The van der Waals surface area contributed by atoms with Crippen molar-refractivity contribution >= 4 is 45.2 Å². The summed E-state index contributed by atoms with van der Waals surface area (Å²) in [5.74, 6) is 0.487. The second-order valence-electron chi connectivity index (χ2n) is 6.28. The SMILES string of the molecule is CC(NC(=O)c1ccccc1)c1nnc(SCC(=O)Nc2ccccc2Br)n1C. The highest BCUT2D eigenvalue weighted by atomic mass is 79.9. The van der Waals surface area contributed by atoms with Crippen LogP contribution in [-0.2, 0) is 11.8 Å². The topological polar surface area (TPSA) is 88.9 Å². The Morgan fingerprint density at radius 2 is 1.79 bits per heavy atom. The highest BCUT2D eigenvalue weighted by Crippen LogP contribution is 2.23. The first-order valence-electron chi connectivity index (χ1n) is 8.88. The fourth-order valence-corrected chi connectivity index (χ4v) is 3.74. The van der Waals surface area contributed by atoms with E-state index >= 15 is 0 Å². The maximum absolute atomic E-state index is 12.3. The Kier molecular flexibility index (Phi) is 7.05. The lowest BCUT2D eigenvalue weighted by Crippen LogP contribution is -2.28. The van der Waals surface area contributed by atoms with Crippen molar-refractivity contribution in [2.75, 3.05) is 11.1 Å². The molecule has 0 aliphatic carbocycles. The van der Waals surface area contributed by atoms with Gasteiger partial charge < -0.3 is 15.2 Å². The monoisotopic (exact) mass is 473 g/mol. The van der Waals surface area contributed by atoms with Gasteiger partial charge in [0, 0.05) is 17.1 Å². The molecule has 29 heavy (non-hydrogen) atoms. The third-order valence-corrected chi connectivity index (χ3v) is 5.83. The summed E-state index contributed by atoms with van der Waals surface area (Å²) in [6, 6.07) is 16.1. The third-order valence-electron chi connectivity index (χ3n) is 4.12. The van der Waals surface area contributed by atoms with E-state index in [4.69, 9.17) is 0 Å². The quantitative estimate of drug-likeness (QED) is 0.509. The second kappa shape index (κ2) is 9.71. The molecule has 150 valence electrons. The van der Waals surface area contributed by atoms with Crippen LogP contribution in [0, 0.1) is 0 Å². The predicted molar refractivity (Wildman–Crippen MR) is 117 cm³/mol. The first-order chi connectivity index (χ1) is 14.0. The van der Waals surface area contributed by atoms with Gasteiger partial charge in [-0.3, -0.25) is 9.59 Å². The van der Waals surface area contributed by atoms with E-state index in [0.29, 0.717) is 22.2 Å². The molecule has 0 aliphatic rings. The Morgan fingerprint density at radius 3 is 2.52 bits per heavy atom. The largest absolute Gasteiger partial charge is 0.342 e. The fourth-order valence-electron chi connectivity index (χ4n) is 2.64. The number of carbonyl (C=O) groups is 2. The van der Waals surface area contributed by atoms with Gasteiger partial charge >= 0.3 is 0 Å². The van der Waals surface area contributed by atoms with E-state index in [1.54, 1.807) is 16.7 Å². The van der Waals surface area contributed by atoms with Crippen LogP contribution in [0.15, 0.2) is 64.2 Å². The fraction of sp³-hybridized carbons (Fsp3) is 0.200. The van der Waals surface area contributed by atoms with E-state index in [1.165, 1.54) is 11.8 Å². The second-order valence-corrected chi connectivity index (χ2v) is 8.07. The molecule has 2 N–H and O–H groups in total. The summed E-state index contributed by atoms with van der Waals surface area (Å²) in [5, 5.41) is 14.7. The summed E-state index contributed by atoms with van der Waals surface area (Å²) < 4.78 is 2.61. The molecule has 0 saturated carbocycles. The molecule has 0 spiro atoms. The molecule has 7 nitrogen and oxygen atoms in total. The van der Waals surface area contributed by atoms with Crippen molar-refractivity contribution in [2.24, 2.45) is 7.05 Å². The van der Waals surface area contributed by atoms with Crippen molar-refractivity contribution in [3.05, 3.63) is 70.5 Å². The van der Waals surface area contributed by atoms with Crippen molar-refractivity contribution in [1.29, 1.82) is 0 Å². The standard InChI is InChI=1S/C20H20BrN5O2S/c1-13(22-19(28)14-8-4-3-5-9-14)18-24-25-20(26(18)2)29-12-17(27)23-16-11-7-6-10-15(16)21/h3-11,13H,12H2,1-2H3,(H,22,28)(H,23,27). The molecular formula is C20H20BrN5O2S. The Bertz CT molecular complexity index is 1010.